The van der Waals surface area contributed by atoms with Gasteiger partial charge in [0.05, 0.1) is 3.79 Å². The van der Waals surface area contributed by atoms with E-state index in [1.165, 1.54) is 5.56 Å². The molecule has 0 aliphatic heterocycles. The van der Waals surface area contributed by atoms with Crippen LogP contribution in [0.5, 0.6) is 0 Å². The summed E-state index contributed by atoms with van der Waals surface area (Å²) in [5.74, 6) is 0.569. The van der Waals surface area contributed by atoms with E-state index in [1.54, 1.807) is 18.3 Å². The Hall–Kier alpha value is -0.880. The molecule has 2 heterocycles. The number of hydrogen-bond acceptors (Lipinski definition) is 5. The van der Waals surface area contributed by atoms with Crippen molar-refractivity contribution in [1.82, 2.24) is 10.2 Å². The van der Waals surface area contributed by atoms with Gasteiger partial charge in [0.1, 0.15) is 0 Å². The molecular weight excluding hydrogens is 266 g/mol. The normalized spacial score (nSPS) is 10.4. The second-order valence-electron chi connectivity index (χ2n) is 2.74. The van der Waals surface area contributed by atoms with E-state index in [0.29, 0.717) is 18.5 Å². The maximum atomic E-state index is 5.17. The molecule has 2 aromatic heterocycles. The fourth-order valence-electron chi connectivity index (χ4n) is 0.984. The highest BCUT2D eigenvalue weighted by molar-refractivity contribution is 9.11. The van der Waals surface area contributed by atoms with Crippen LogP contribution >= 0.6 is 27.3 Å². The Kier molecular flexibility index (Phi) is 2.83. The van der Waals surface area contributed by atoms with Crippen LogP contribution in [0, 0.1) is 6.92 Å². The van der Waals surface area contributed by atoms with Crippen LogP contribution in [0.2, 0.25) is 0 Å². The first-order valence-corrected chi connectivity index (χ1v) is 5.68. The molecule has 0 saturated carbocycles. The van der Waals surface area contributed by atoms with Gasteiger partial charge in [-0.3, -0.25) is 0 Å². The summed E-state index contributed by atoms with van der Waals surface area (Å²) in [5, 5.41) is 12.7. The maximum Gasteiger partial charge on any atom is 0.315 e. The van der Waals surface area contributed by atoms with Crippen molar-refractivity contribution >= 4 is 33.3 Å². The third-order valence-corrected chi connectivity index (χ3v) is 3.14. The van der Waals surface area contributed by atoms with Gasteiger partial charge in [-0.15, -0.1) is 16.4 Å². The lowest BCUT2D eigenvalue weighted by Crippen LogP contribution is -1.97. The van der Waals surface area contributed by atoms with Crippen LogP contribution in [0.15, 0.2) is 19.6 Å². The largest absolute Gasteiger partial charge is 0.408 e. The van der Waals surface area contributed by atoms with E-state index < -0.39 is 0 Å². The van der Waals surface area contributed by atoms with Crippen molar-refractivity contribution in [3.63, 3.8) is 0 Å². The van der Waals surface area contributed by atoms with Crippen molar-refractivity contribution in [2.75, 3.05) is 5.32 Å². The number of nitrogens with one attached hydrogen (secondary N) is 1. The molecule has 2 rings (SSSR count). The molecule has 0 amide bonds. The first-order chi connectivity index (χ1) is 6.74. The predicted octanol–water partition coefficient (Wildman–Crippen LogP) is 2.81. The van der Waals surface area contributed by atoms with E-state index in [4.69, 9.17) is 4.42 Å². The first kappa shape index (κ1) is 9.67. The van der Waals surface area contributed by atoms with Crippen molar-refractivity contribution in [3.8, 4) is 0 Å². The van der Waals surface area contributed by atoms with Crippen LogP contribution in [0.4, 0.5) is 6.01 Å². The van der Waals surface area contributed by atoms with Crippen LogP contribution in [0.1, 0.15) is 11.5 Å². The summed E-state index contributed by atoms with van der Waals surface area (Å²) in [5.41, 5.74) is 1.19. The zero-order valence-electron chi connectivity index (χ0n) is 7.45. The summed E-state index contributed by atoms with van der Waals surface area (Å²) in [7, 11) is 0. The summed E-state index contributed by atoms with van der Waals surface area (Å²) < 4.78 is 6.29. The summed E-state index contributed by atoms with van der Waals surface area (Å²) in [6, 6.07) is 2.52. The van der Waals surface area contributed by atoms with Gasteiger partial charge in [-0.1, -0.05) is 5.10 Å². The van der Waals surface area contributed by atoms with Crippen molar-refractivity contribution < 1.29 is 4.42 Å². The van der Waals surface area contributed by atoms with Gasteiger partial charge < -0.3 is 9.73 Å². The van der Waals surface area contributed by atoms with Gasteiger partial charge in [-0.2, -0.15) is 0 Å². The molecule has 0 bridgehead atoms. The van der Waals surface area contributed by atoms with Gasteiger partial charge in [0.25, 0.3) is 0 Å². The molecule has 2 aromatic rings. The molecule has 0 atom stereocenters. The molecule has 0 spiro atoms. The minimum Gasteiger partial charge on any atom is -0.408 e. The number of rotatable bonds is 3. The number of aromatic nitrogens is 2. The highest BCUT2D eigenvalue weighted by Gasteiger charge is 2.02. The lowest BCUT2D eigenvalue weighted by molar-refractivity contribution is 0.530. The minimum atomic E-state index is 0.463. The molecule has 1 N–H and O–H groups in total. The van der Waals surface area contributed by atoms with E-state index in [0.717, 1.165) is 3.79 Å². The van der Waals surface area contributed by atoms with Crippen LogP contribution < -0.4 is 5.32 Å². The number of hydrogen-bond donors (Lipinski definition) is 1. The Morgan fingerprint density at radius 3 is 3.00 bits per heavy atom. The molecule has 14 heavy (non-hydrogen) atoms. The van der Waals surface area contributed by atoms with Crippen molar-refractivity contribution in [2.45, 2.75) is 13.5 Å². The third kappa shape index (κ3) is 2.33. The molecule has 74 valence electrons. The summed E-state index contributed by atoms with van der Waals surface area (Å²) >= 11 is 5.06. The number of nitrogens with zero attached hydrogens (tertiary/aromatic N) is 2. The molecule has 0 unspecified atom stereocenters. The molecule has 0 aliphatic carbocycles. The maximum absolute atomic E-state index is 5.17. The summed E-state index contributed by atoms with van der Waals surface area (Å²) in [4.78, 5) is 0. The quantitative estimate of drug-likeness (QED) is 0.935. The van der Waals surface area contributed by atoms with E-state index in [-0.39, 0.29) is 0 Å². The Morgan fingerprint density at radius 2 is 2.43 bits per heavy atom. The molecule has 0 fully saturated rings. The van der Waals surface area contributed by atoms with Gasteiger partial charge in [-0.25, -0.2) is 0 Å². The fraction of sp³-hybridized carbons (Fsp3) is 0.250. The molecule has 0 aliphatic rings. The average Bonchev–Trinajstić information content (AvgIpc) is 2.72. The van der Waals surface area contributed by atoms with E-state index in [1.807, 2.05) is 0 Å². The second kappa shape index (κ2) is 4.10. The molecule has 0 saturated heterocycles. The fourth-order valence-corrected chi connectivity index (χ4v) is 2.19. The minimum absolute atomic E-state index is 0.463. The molecule has 4 nitrogen and oxygen atoms in total. The Balaban J connectivity index is 1.94. The Bertz CT molecular complexity index is 385. The topological polar surface area (TPSA) is 51.0 Å². The number of anilines is 1. The third-order valence-electron chi connectivity index (χ3n) is 1.59. The zero-order valence-corrected chi connectivity index (χ0v) is 9.85. The van der Waals surface area contributed by atoms with Crippen molar-refractivity contribution in [1.29, 1.82) is 0 Å². The highest BCUT2D eigenvalue weighted by Crippen LogP contribution is 2.21. The summed E-state index contributed by atoms with van der Waals surface area (Å²) in [6.45, 7) is 2.46. The van der Waals surface area contributed by atoms with Gasteiger partial charge in [0.2, 0.25) is 5.89 Å². The lowest BCUT2D eigenvalue weighted by Gasteiger charge is -1.96. The van der Waals surface area contributed by atoms with Gasteiger partial charge >= 0.3 is 6.01 Å². The Labute approximate surface area is 93.5 Å². The van der Waals surface area contributed by atoms with Crippen molar-refractivity contribution in [3.05, 3.63) is 26.7 Å². The first-order valence-electron chi connectivity index (χ1n) is 4.01. The molecule has 0 aromatic carbocycles. The number of thiophene rings is 1. The molecular formula is C8H8BrN3OS. The van der Waals surface area contributed by atoms with E-state index >= 15 is 0 Å². The molecule has 6 heteroatoms. The zero-order chi connectivity index (χ0) is 9.97. The molecule has 0 radical (unpaired) electrons. The van der Waals surface area contributed by atoms with Gasteiger partial charge in [0.15, 0.2) is 0 Å². The average molecular weight is 274 g/mol. The van der Waals surface area contributed by atoms with Gasteiger partial charge in [-0.05, 0) is 32.9 Å². The van der Waals surface area contributed by atoms with E-state index in [2.05, 4.69) is 42.9 Å². The number of halogens is 1. The smallest absolute Gasteiger partial charge is 0.315 e. The SMILES string of the molecule is Cc1nnc(NCc2csc(Br)c2)o1. The second-order valence-corrected chi connectivity index (χ2v) is 5.03. The predicted molar refractivity (Wildman–Crippen MR) is 58.4 cm³/mol. The standard InChI is InChI=1S/C8H8BrN3OS/c1-5-11-12-8(13-5)10-3-6-2-7(9)14-4-6/h2,4H,3H2,1H3,(H,10,12). The Morgan fingerprint density at radius 1 is 1.57 bits per heavy atom. The monoisotopic (exact) mass is 273 g/mol. The van der Waals surface area contributed by atoms with Crippen molar-refractivity contribution in [2.24, 2.45) is 0 Å². The summed E-state index contributed by atoms with van der Waals surface area (Å²) in [6.07, 6.45) is 0. The van der Waals surface area contributed by atoms with Crippen LogP contribution in [0.3, 0.4) is 0 Å². The van der Waals surface area contributed by atoms with Crippen LogP contribution in [0.25, 0.3) is 0 Å². The van der Waals surface area contributed by atoms with Crippen LogP contribution in [-0.2, 0) is 6.54 Å². The highest BCUT2D eigenvalue weighted by atomic mass is 79.9. The number of aryl methyl sites for hydroxylation is 1. The van der Waals surface area contributed by atoms with Gasteiger partial charge in [0, 0.05) is 13.5 Å². The lowest BCUT2D eigenvalue weighted by atomic mass is 10.3. The van der Waals surface area contributed by atoms with Crippen LogP contribution in [-0.4, -0.2) is 10.2 Å². The van der Waals surface area contributed by atoms with E-state index in [9.17, 15) is 0 Å².